The van der Waals surface area contributed by atoms with E-state index in [1.807, 2.05) is 6.92 Å². The molecule has 0 bridgehead atoms. The van der Waals surface area contributed by atoms with Crippen LogP contribution in [0, 0.1) is 0 Å². The molecule has 0 aromatic heterocycles. The molecule has 8 heteroatoms. The molecule has 1 saturated heterocycles. The van der Waals surface area contributed by atoms with Crippen LogP contribution in [0.25, 0.3) is 0 Å². The first kappa shape index (κ1) is 19.5. The highest BCUT2D eigenvalue weighted by Crippen LogP contribution is 2.16. The van der Waals surface area contributed by atoms with Gasteiger partial charge in [-0.15, -0.1) is 12.4 Å². The second kappa shape index (κ2) is 9.41. The monoisotopic (exact) mass is 318 g/mol. The summed E-state index contributed by atoms with van der Waals surface area (Å²) in [4.78, 5) is 13.6. The number of alkyl halides is 3. The molecule has 1 aliphatic rings. The highest BCUT2D eigenvalue weighted by atomic mass is 35.5. The van der Waals surface area contributed by atoms with Crippen LogP contribution < -0.4 is 5.32 Å². The summed E-state index contributed by atoms with van der Waals surface area (Å²) >= 11 is 0. The maximum Gasteiger partial charge on any atom is 0.411 e. The first-order valence-electron chi connectivity index (χ1n) is 6.58. The van der Waals surface area contributed by atoms with E-state index in [1.165, 1.54) is 0 Å². The van der Waals surface area contributed by atoms with Gasteiger partial charge in [0.05, 0.1) is 0 Å². The molecule has 1 heterocycles. The van der Waals surface area contributed by atoms with Crippen molar-refractivity contribution in [1.82, 2.24) is 10.2 Å². The number of piperidine rings is 1. The number of carbonyl (C=O) groups is 1. The molecule has 0 atom stereocenters. The molecule has 1 amide bonds. The van der Waals surface area contributed by atoms with Crippen LogP contribution in [0.4, 0.5) is 13.2 Å². The third-order valence-corrected chi connectivity index (χ3v) is 3.03. The zero-order chi connectivity index (χ0) is 14.3. The topological polar surface area (TPSA) is 41.6 Å². The number of nitrogens with zero attached hydrogens (tertiary/aromatic N) is 1. The fourth-order valence-corrected chi connectivity index (χ4v) is 2.21. The SMILES string of the molecule is CCCN(C(=O)COCC(F)(F)F)C1CCNCC1.Cl. The Balaban J connectivity index is 0.00000361. The Labute approximate surface area is 123 Å². The van der Waals surface area contributed by atoms with Crippen molar-refractivity contribution in [2.45, 2.75) is 38.4 Å². The van der Waals surface area contributed by atoms with Crippen LogP contribution in [0.15, 0.2) is 0 Å². The number of nitrogens with one attached hydrogen (secondary N) is 1. The highest BCUT2D eigenvalue weighted by molar-refractivity contribution is 5.85. The van der Waals surface area contributed by atoms with Gasteiger partial charge >= 0.3 is 6.18 Å². The van der Waals surface area contributed by atoms with Crippen LogP contribution in [-0.4, -0.2) is 55.9 Å². The van der Waals surface area contributed by atoms with Crippen molar-refractivity contribution in [2.24, 2.45) is 0 Å². The second-order valence-corrected chi connectivity index (χ2v) is 4.68. The van der Waals surface area contributed by atoms with Gasteiger partial charge in [0.1, 0.15) is 13.2 Å². The summed E-state index contributed by atoms with van der Waals surface area (Å²) in [6.07, 6.45) is -1.92. The summed E-state index contributed by atoms with van der Waals surface area (Å²) in [5.41, 5.74) is 0. The van der Waals surface area contributed by atoms with E-state index in [0.29, 0.717) is 6.54 Å². The van der Waals surface area contributed by atoms with E-state index in [1.54, 1.807) is 4.90 Å². The molecule has 0 aromatic rings. The summed E-state index contributed by atoms with van der Waals surface area (Å²) in [5.74, 6) is -0.349. The van der Waals surface area contributed by atoms with E-state index in [4.69, 9.17) is 0 Å². The Morgan fingerprint density at radius 2 is 1.95 bits per heavy atom. The van der Waals surface area contributed by atoms with Gasteiger partial charge in [-0.05, 0) is 32.4 Å². The molecular formula is C12H22ClF3N2O2. The van der Waals surface area contributed by atoms with Crippen LogP contribution >= 0.6 is 12.4 Å². The quantitative estimate of drug-likeness (QED) is 0.814. The van der Waals surface area contributed by atoms with Crippen molar-refractivity contribution >= 4 is 18.3 Å². The van der Waals surface area contributed by atoms with E-state index >= 15 is 0 Å². The van der Waals surface area contributed by atoms with E-state index in [0.717, 1.165) is 32.4 Å². The molecule has 20 heavy (non-hydrogen) atoms. The van der Waals surface area contributed by atoms with Crippen molar-refractivity contribution < 1.29 is 22.7 Å². The smallest absolute Gasteiger partial charge is 0.362 e. The Morgan fingerprint density at radius 1 is 1.35 bits per heavy atom. The summed E-state index contributed by atoms with van der Waals surface area (Å²) in [6, 6.07) is 0.114. The average molecular weight is 319 g/mol. The predicted molar refractivity (Wildman–Crippen MR) is 72.0 cm³/mol. The fraction of sp³-hybridized carbons (Fsp3) is 0.917. The van der Waals surface area contributed by atoms with Gasteiger partial charge in [-0.3, -0.25) is 4.79 Å². The lowest BCUT2D eigenvalue weighted by Crippen LogP contribution is -2.47. The number of rotatable bonds is 6. The Hall–Kier alpha value is -0.530. The number of carbonyl (C=O) groups excluding carboxylic acids is 1. The largest absolute Gasteiger partial charge is 0.411 e. The molecule has 1 aliphatic heterocycles. The van der Waals surface area contributed by atoms with Gasteiger partial charge in [-0.2, -0.15) is 13.2 Å². The molecule has 120 valence electrons. The van der Waals surface area contributed by atoms with Crippen molar-refractivity contribution in [3.63, 3.8) is 0 Å². The van der Waals surface area contributed by atoms with E-state index in [-0.39, 0.29) is 24.4 Å². The first-order valence-corrected chi connectivity index (χ1v) is 6.58. The predicted octanol–water partition coefficient (Wildman–Crippen LogP) is 1.98. The van der Waals surface area contributed by atoms with Crippen LogP contribution in [0.3, 0.4) is 0 Å². The lowest BCUT2D eigenvalue weighted by molar-refractivity contribution is -0.178. The van der Waals surface area contributed by atoms with Crippen molar-refractivity contribution in [3.05, 3.63) is 0 Å². The zero-order valence-corrected chi connectivity index (χ0v) is 12.4. The molecule has 0 saturated carbocycles. The van der Waals surface area contributed by atoms with Crippen LogP contribution in [-0.2, 0) is 9.53 Å². The lowest BCUT2D eigenvalue weighted by Gasteiger charge is -2.34. The normalized spacial score (nSPS) is 16.6. The Bertz CT molecular complexity index is 284. The molecule has 0 aliphatic carbocycles. The van der Waals surface area contributed by atoms with Gasteiger partial charge < -0.3 is 15.0 Å². The molecule has 0 unspecified atom stereocenters. The third kappa shape index (κ3) is 7.31. The van der Waals surface area contributed by atoms with Crippen molar-refractivity contribution in [2.75, 3.05) is 32.8 Å². The molecule has 1 rings (SSSR count). The number of amides is 1. The van der Waals surface area contributed by atoms with Gasteiger partial charge in [-0.1, -0.05) is 6.92 Å². The Kier molecular flexibility index (Phi) is 9.16. The van der Waals surface area contributed by atoms with Gasteiger partial charge in [0.25, 0.3) is 0 Å². The minimum atomic E-state index is -4.38. The third-order valence-electron chi connectivity index (χ3n) is 3.03. The molecule has 4 nitrogen and oxygen atoms in total. The van der Waals surface area contributed by atoms with E-state index < -0.39 is 19.4 Å². The summed E-state index contributed by atoms with van der Waals surface area (Å²) < 4.78 is 40.3. The summed E-state index contributed by atoms with van der Waals surface area (Å²) in [7, 11) is 0. The van der Waals surface area contributed by atoms with Gasteiger partial charge in [0.15, 0.2) is 0 Å². The average Bonchev–Trinajstić information content (AvgIpc) is 2.35. The molecular weight excluding hydrogens is 297 g/mol. The minimum Gasteiger partial charge on any atom is -0.362 e. The van der Waals surface area contributed by atoms with Gasteiger partial charge in [0.2, 0.25) is 5.91 Å². The molecule has 1 N–H and O–H groups in total. The van der Waals surface area contributed by atoms with Crippen LogP contribution in [0.5, 0.6) is 0 Å². The van der Waals surface area contributed by atoms with Crippen LogP contribution in [0.1, 0.15) is 26.2 Å². The minimum absolute atomic E-state index is 0. The molecule has 0 aromatic carbocycles. The maximum absolute atomic E-state index is 12.0. The van der Waals surface area contributed by atoms with Crippen molar-refractivity contribution in [3.8, 4) is 0 Å². The van der Waals surface area contributed by atoms with Gasteiger partial charge in [-0.25, -0.2) is 0 Å². The molecule has 1 fully saturated rings. The molecule has 0 spiro atoms. The number of halogens is 4. The highest BCUT2D eigenvalue weighted by Gasteiger charge is 2.29. The Morgan fingerprint density at radius 3 is 2.45 bits per heavy atom. The molecule has 0 radical (unpaired) electrons. The summed E-state index contributed by atoms with van der Waals surface area (Å²) in [5, 5.41) is 3.20. The number of hydrogen-bond acceptors (Lipinski definition) is 3. The zero-order valence-electron chi connectivity index (χ0n) is 11.5. The standard InChI is InChI=1S/C12H21F3N2O2.ClH/c1-2-7-17(10-3-5-16-6-4-10)11(18)8-19-9-12(13,14)15;/h10,16H,2-9H2,1H3;1H. The number of ether oxygens (including phenoxy) is 1. The lowest BCUT2D eigenvalue weighted by atomic mass is 10.0. The fourth-order valence-electron chi connectivity index (χ4n) is 2.21. The number of hydrogen-bond donors (Lipinski definition) is 1. The van der Waals surface area contributed by atoms with Crippen LogP contribution in [0.2, 0.25) is 0 Å². The van der Waals surface area contributed by atoms with Crippen molar-refractivity contribution in [1.29, 1.82) is 0 Å². The summed E-state index contributed by atoms with van der Waals surface area (Å²) in [6.45, 7) is 2.31. The van der Waals surface area contributed by atoms with E-state index in [2.05, 4.69) is 10.1 Å². The first-order chi connectivity index (χ1) is 8.94. The second-order valence-electron chi connectivity index (χ2n) is 4.68. The van der Waals surface area contributed by atoms with E-state index in [9.17, 15) is 18.0 Å². The maximum atomic E-state index is 12.0. The van der Waals surface area contributed by atoms with Gasteiger partial charge in [0, 0.05) is 12.6 Å².